The average molecular weight is 316 g/mol. The van der Waals surface area contributed by atoms with Crippen molar-refractivity contribution in [3.8, 4) is 16.3 Å². The SMILES string of the molecule is COc1ccc(-c2nc(C(=O)N(C)C(C)C3CC3)cs2)cc1. The third-order valence-corrected chi connectivity index (χ3v) is 5.19. The minimum absolute atomic E-state index is 0.00964. The minimum atomic E-state index is 0.00964. The molecule has 5 heteroatoms. The van der Waals surface area contributed by atoms with E-state index in [1.807, 2.05) is 41.6 Å². The summed E-state index contributed by atoms with van der Waals surface area (Å²) in [5.41, 5.74) is 1.54. The number of aromatic nitrogens is 1. The van der Waals surface area contributed by atoms with Gasteiger partial charge in [-0.2, -0.15) is 0 Å². The summed E-state index contributed by atoms with van der Waals surface area (Å²) in [5, 5.41) is 2.70. The van der Waals surface area contributed by atoms with E-state index in [0.717, 1.165) is 16.3 Å². The van der Waals surface area contributed by atoms with Crippen LogP contribution in [0.5, 0.6) is 5.75 Å². The highest BCUT2D eigenvalue weighted by Gasteiger charge is 2.33. The zero-order valence-corrected chi connectivity index (χ0v) is 13.9. The Morgan fingerprint density at radius 1 is 1.36 bits per heavy atom. The number of thiazole rings is 1. The summed E-state index contributed by atoms with van der Waals surface area (Å²) in [6.45, 7) is 2.12. The van der Waals surface area contributed by atoms with Gasteiger partial charge in [-0.25, -0.2) is 4.98 Å². The average Bonchev–Trinajstić information content (AvgIpc) is 3.29. The molecule has 116 valence electrons. The Hall–Kier alpha value is -1.88. The number of amides is 1. The van der Waals surface area contributed by atoms with Crippen LogP contribution in [0.15, 0.2) is 29.6 Å². The second kappa shape index (κ2) is 6.08. The second-order valence-electron chi connectivity index (χ2n) is 5.76. The lowest BCUT2D eigenvalue weighted by atomic mass is 10.2. The Morgan fingerprint density at radius 2 is 2.05 bits per heavy atom. The molecule has 0 aliphatic heterocycles. The number of benzene rings is 1. The highest BCUT2D eigenvalue weighted by Crippen LogP contribution is 2.35. The van der Waals surface area contributed by atoms with Crippen molar-refractivity contribution in [1.82, 2.24) is 9.88 Å². The van der Waals surface area contributed by atoms with E-state index in [2.05, 4.69) is 11.9 Å². The van der Waals surface area contributed by atoms with Crippen LogP contribution in [0.25, 0.3) is 10.6 Å². The summed E-state index contributed by atoms with van der Waals surface area (Å²) >= 11 is 1.50. The lowest BCUT2D eigenvalue weighted by Crippen LogP contribution is -2.36. The smallest absolute Gasteiger partial charge is 0.273 e. The first-order valence-electron chi connectivity index (χ1n) is 7.47. The summed E-state index contributed by atoms with van der Waals surface area (Å²) in [6, 6.07) is 8.02. The number of hydrogen-bond donors (Lipinski definition) is 0. The van der Waals surface area contributed by atoms with Crippen molar-refractivity contribution in [2.45, 2.75) is 25.8 Å². The topological polar surface area (TPSA) is 42.4 Å². The van der Waals surface area contributed by atoms with Crippen LogP contribution in [0.1, 0.15) is 30.3 Å². The van der Waals surface area contributed by atoms with Crippen LogP contribution in [-0.2, 0) is 0 Å². The summed E-state index contributed by atoms with van der Waals surface area (Å²) in [4.78, 5) is 18.8. The summed E-state index contributed by atoms with van der Waals surface area (Å²) in [5.74, 6) is 1.48. The van der Waals surface area contributed by atoms with E-state index in [1.165, 1.54) is 24.2 Å². The quantitative estimate of drug-likeness (QED) is 0.845. The third-order valence-electron chi connectivity index (χ3n) is 4.30. The normalized spacial score (nSPS) is 15.4. The van der Waals surface area contributed by atoms with Crippen molar-refractivity contribution in [2.75, 3.05) is 14.2 Å². The van der Waals surface area contributed by atoms with Crippen molar-refractivity contribution < 1.29 is 9.53 Å². The first-order chi connectivity index (χ1) is 10.6. The van der Waals surface area contributed by atoms with Gasteiger partial charge in [0.25, 0.3) is 5.91 Å². The molecule has 1 atom stereocenters. The van der Waals surface area contributed by atoms with E-state index >= 15 is 0 Å². The molecule has 0 N–H and O–H groups in total. The van der Waals surface area contributed by atoms with Crippen LogP contribution in [-0.4, -0.2) is 36.0 Å². The highest BCUT2D eigenvalue weighted by molar-refractivity contribution is 7.13. The van der Waals surface area contributed by atoms with Crippen LogP contribution >= 0.6 is 11.3 Å². The standard InChI is InChI=1S/C17H20N2O2S/c1-11(12-4-5-12)19(2)17(20)15-10-22-16(18-15)13-6-8-14(21-3)9-7-13/h6-12H,4-5H2,1-3H3. The van der Waals surface area contributed by atoms with Crippen LogP contribution in [0, 0.1) is 5.92 Å². The molecular weight excluding hydrogens is 296 g/mol. The number of nitrogens with zero attached hydrogens (tertiary/aromatic N) is 2. The van der Waals surface area contributed by atoms with E-state index in [9.17, 15) is 4.79 Å². The molecule has 22 heavy (non-hydrogen) atoms. The number of rotatable bonds is 5. The maximum absolute atomic E-state index is 12.5. The Balaban J connectivity index is 1.75. The van der Waals surface area contributed by atoms with E-state index < -0.39 is 0 Å². The van der Waals surface area contributed by atoms with Gasteiger partial charge < -0.3 is 9.64 Å². The Bertz CT molecular complexity index is 662. The van der Waals surface area contributed by atoms with Gasteiger partial charge in [0, 0.05) is 24.0 Å². The first kappa shape index (κ1) is 15.0. The predicted octanol–water partition coefficient (Wildman–Crippen LogP) is 3.69. The lowest BCUT2D eigenvalue weighted by molar-refractivity contribution is 0.0722. The first-order valence-corrected chi connectivity index (χ1v) is 8.35. The molecule has 0 spiro atoms. The molecule has 1 amide bonds. The van der Waals surface area contributed by atoms with Gasteiger partial charge >= 0.3 is 0 Å². The van der Waals surface area contributed by atoms with Crippen LogP contribution < -0.4 is 4.74 Å². The van der Waals surface area contributed by atoms with E-state index in [4.69, 9.17) is 4.74 Å². The molecule has 1 aromatic carbocycles. The van der Waals surface area contributed by atoms with Crippen molar-refractivity contribution >= 4 is 17.2 Å². The largest absolute Gasteiger partial charge is 0.497 e. The lowest BCUT2D eigenvalue weighted by Gasteiger charge is -2.23. The zero-order chi connectivity index (χ0) is 15.7. The van der Waals surface area contributed by atoms with Gasteiger partial charge in [0.05, 0.1) is 7.11 Å². The molecule has 1 fully saturated rings. The highest BCUT2D eigenvalue weighted by atomic mass is 32.1. The van der Waals surface area contributed by atoms with Crippen molar-refractivity contribution in [3.05, 3.63) is 35.3 Å². The molecular formula is C17H20N2O2S. The maximum Gasteiger partial charge on any atom is 0.273 e. The Kier molecular flexibility index (Phi) is 4.16. The summed E-state index contributed by atoms with van der Waals surface area (Å²) < 4.78 is 5.16. The van der Waals surface area contributed by atoms with Crippen LogP contribution in [0.3, 0.4) is 0 Å². The maximum atomic E-state index is 12.5. The van der Waals surface area contributed by atoms with Crippen molar-refractivity contribution in [1.29, 1.82) is 0 Å². The number of carbonyl (C=O) groups is 1. The minimum Gasteiger partial charge on any atom is -0.497 e. The number of methoxy groups -OCH3 is 1. The van der Waals surface area contributed by atoms with Gasteiger partial charge in [-0.05, 0) is 49.9 Å². The third kappa shape index (κ3) is 2.99. The second-order valence-corrected chi connectivity index (χ2v) is 6.62. The zero-order valence-electron chi connectivity index (χ0n) is 13.1. The van der Waals surface area contributed by atoms with E-state index in [-0.39, 0.29) is 5.91 Å². The van der Waals surface area contributed by atoms with E-state index in [0.29, 0.717) is 17.7 Å². The molecule has 1 heterocycles. The Labute approximate surface area is 134 Å². The summed E-state index contributed by atoms with van der Waals surface area (Å²) in [6.07, 6.45) is 2.46. The summed E-state index contributed by atoms with van der Waals surface area (Å²) in [7, 11) is 3.52. The fourth-order valence-electron chi connectivity index (χ4n) is 2.50. The molecule has 0 saturated heterocycles. The predicted molar refractivity (Wildman–Crippen MR) is 88.4 cm³/mol. The molecule has 1 saturated carbocycles. The Morgan fingerprint density at radius 3 is 2.64 bits per heavy atom. The molecule has 2 aromatic rings. The number of carbonyl (C=O) groups excluding carboxylic acids is 1. The molecule has 1 aliphatic carbocycles. The fourth-order valence-corrected chi connectivity index (χ4v) is 3.30. The van der Waals surface area contributed by atoms with Gasteiger partial charge in [0.1, 0.15) is 16.5 Å². The van der Waals surface area contributed by atoms with Crippen LogP contribution in [0.2, 0.25) is 0 Å². The van der Waals surface area contributed by atoms with Crippen molar-refractivity contribution in [3.63, 3.8) is 0 Å². The molecule has 1 unspecified atom stereocenters. The monoisotopic (exact) mass is 316 g/mol. The molecule has 4 nitrogen and oxygen atoms in total. The molecule has 3 rings (SSSR count). The van der Waals surface area contributed by atoms with Gasteiger partial charge in [-0.15, -0.1) is 11.3 Å². The number of ether oxygens (including phenoxy) is 1. The number of hydrogen-bond acceptors (Lipinski definition) is 4. The van der Waals surface area contributed by atoms with Crippen LogP contribution in [0.4, 0.5) is 0 Å². The molecule has 1 aliphatic rings. The van der Waals surface area contributed by atoms with E-state index in [1.54, 1.807) is 7.11 Å². The molecule has 0 bridgehead atoms. The van der Waals surface area contributed by atoms with Gasteiger partial charge in [-0.1, -0.05) is 0 Å². The van der Waals surface area contributed by atoms with Gasteiger partial charge in [0.15, 0.2) is 0 Å². The fraction of sp³-hybridized carbons (Fsp3) is 0.412. The molecule has 1 aromatic heterocycles. The van der Waals surface area contributed by atoms with Gasteiger partial charge in [-0.3, -0.25) is 4.79 Å². The van der Waals surface area contributed by atoms with Crippen molar-refractivity contribution in [2.24, 2.45) is 5.92 Å². The molecule has 0 radical (unpaired) electrons. The van der Waals surface area contributed by atoms with Gasteiger partial charge in [0.2, 0.25) is 0 Å².